The topological polar surface area (TPSA) is 104 Å². The minimum absolute atomic E-state index is 0.0456. The number of thioether (sulfide) groups is 1. The fourth-order valence-corrected chi connectivity index (χ4v) is 3.51. The second-order valence-corrected chi connectivity index (χ2v) is 7.43. The molecule has 2 heterocycles. The Labute approximate surface area is 168 Å². The summed E-state index contributed by atoms with van der Waals surface area (Å²) in [7, 11) is 1.26. The molecule has 1 aromatic heterocycles. The fraction of sp³-hybridized carbons (Fsp3) is 0.562. The Kier molecular flexibility index (Phi) is 7.79. The maximum atomic E-state index is 12.5. The van der Waals surface area contributed by atoms with Crippen molar-refractivity contribution in [3.63, 3.8) is 0 Å². The SMILES string of the molecule is COC(=O)CCn1nncc1/C=C1/CN(OC(=O)C(F)(F)F)CCC1SC(C)=O. The highest BCUT2D eigenvalue weighted by molar-refractivity contribution is 8.14. The minimum atomic E-state index is -5.11. The minimum Gasteiger partial charge on any atom is -0.469 e. The Morgan fingerprint density at radius 2 is 2.10 bits per heavy atom. The lowest BCUT2D eigenvalue weighted by molar-refractivity contribution is -0.238. The van der Waals surface area contributed by atoms with Crippen molar-refractivity contribution >= 4 is 34.9 Å². The molecule has 1 atom stereocenters. The van der Waals surface area contributed by atoms with Gasteiger partial charge in [0.05, 0.1) is 38.5 Å². The molecule has 0 N–H and O–H groups in total. The zero-order valence-electron chi connectivity index (χ0n) is 15.6. The van der Waals surface area contributed by atoms with E-state index in [9.17, 15) is 27.6 Å². The molecule has 1 aromatic rings. The summed E-state index contributed by atoms with van der Waals surface area (Å²) in [6, 6.07) is 0. The molecule has 0 saturated carbocycles. The van der Waals surface area contributed by atoms with Crippen LogP contribution < -0.4 is 0 Å². The number of hydrogen-bond acceptors (Lipinski definition) is 9. The van der Waals surface area contributed by atoms with E-state index in [4.69, 9.17) is 0 Å². The van der Waals surface area contributed by atoms with E-state index in [0.717, 1.165) is 16.8 Å². The van der Waals surface area contributed by atoms with E-state index >= 15 is 0 Å². The molecule has 1 fully saturated rings. The van der Waals surface area contributed by atoms with Crippen molar-refractivity contribution in [3.05, 3.63) is 17.5 Å². The third-order valence-corrected chi connectivity index (χ3v) is 5.06. The second kappa shape index (κ2) is 9.87. The first-order valence-electron chi connectivity index (χ1n) is 8.47. The molecule has 1 aliphatic heterocycles. The third-order valence-electron chi connectivity index (χ3n) is 3.90. The van der Waals surface area contributed by atoms with Gasteiger partial charge in [0.2, 0.25) is 0 Å². The van der Waals surface area contributed by atoms with Crippen LogP contribution in [0.1, 0.15) is 25.5 Å². The van der Waals surface area contributed by atoms with Crippen molar-refractivity contribution < 1.29 is 37.1 Å². The molecule has 0 spiro atoms. The van der Waals surface area contributed by atoms with Crippen LogP contribution in [0.3, 0.4) is 0 Å². The van der Waals surface area contributed by atoms with Gasteiger partial charge < -0.3 is 9.57 Å². The van der Waals surface area contributed by atoms with Crippen LogP contribution in [0.5, 0.6) is 0 Å². The normalized spacial score (nSPS) is 19.2. The number of ether oxygens (including phenoxy) is 1. The van der Waals surface area contributed by atoms with Gasteiger partial charge in [-0.1, -0.05) is 17.0 Å². The number of carbonyl (C=O) groups excluding carboxylic acids is 3. The quantitative estimate of drug-likeness (QED) is 0.615. The molecular formula is C16H19F3N4O5S. The highest BCUT2D eigenvalue weighted by atomic mass is 32.2. The number of esters is 1. The molecule has 0 radical (unpaired) electrons. The summed E-state index contributed by atoms with van der Waals surface area (Å²) in [6.45, 7) is 1.50. The van der Waals surface area contributed by atoms with Crippen molar-refractivity contribution in [2.75, 3.05) is 20.2 Å². The lowest BCUT2D eigenvalue weighted by Crippen LogP contribution is -2.41. The van der Waals surface area contributed by atoms with Crippen LogP contribution >= 0.6 is 11.8 Å². The Hall–Kier alpha value is -2.41. The maximum absolute atomic E-state index is 12.5. The number of halogens is 3. The van der Waals surface area contributed by atoms with Gasteiger partial charge in [-0.2, -0.15) is 13.2 Å². The summed E-state index contributed by atoms with van der Waals surface area (Å²) < 4.78 is 43.4. The molecule has 1 unspecified atom stereocenters. The van der Waals surface area contributed by atoms with Gasteiger partial charge in [-0.25, -0.2) is 9.48 Å². The Bertz CT molecular complexity index is 796. The van der Waals surface area contributed by atoms with E-state index < -0.39 is 18.1 Å². The third kappa shape index (κ3) is 6.85. The molecule has 1 aliphatic rings. The number of rotatable bonds is 6. The molecule has 0 aliphatic carbocycles. The fourth-order valence-electron chi connectivity index (χ4n) is 2.59. The van der Waals surface area contributed by atoms with Gasteiger partial charge in [0, 0.05) is 18.7 Å². The molecule has 0 amide bonds. The Balaban J connectivity index is 2.20. The van der Waals surface area contributed by atoms with Crippen LogP contribution in [0.4, 0.5) is 13.2 Å². The summed E-state index contributed by atoms with van der Waals surface area (Å²) in [5, 5.41) is 8.08. The Morgan fingerprint density at radius 1 is 1.38 bits per heavy atom. The van der Waals surface area contributed by atoms with Crippen molar-refractivity contribution in [2.24, 2.45) is 0 Å². The number of hydrogen-bond donors (Lipinski definition) is 0. The van der Waals surface area contributed by atoms with Crippen LogP contribution in [0.25, 0.3) is 6.08 Å². The zero-order valence-corrected chi connectivity index (χ0v) is 16.5. The standard InChI is InChI=1S/C16H19F3N4O5S/c1-10(24)29-13-3-5-22(28-15(26)16(17,18)19)9-11(13)7-12-8-20-21-23(12)6-4-14(25)27-2/h7-8,13H,3-6,9H2,1-2H3/b11-7-. The first-order chi connectivity index (χ1) is 13.6. The van der Waals surface area contributed by atoms with E-state index in [1.807, 2.05) is 0 Å². The number of carbonyl (C=O) groups is 3. The van der Waals surface area contributed by atoms with Crippen LogP contribution in [-0.2, 0) is 30.5 Å². The van der Waals surface area contributed by atoms with Crippen LogP contribution in [0, 0.1) is 0 Å². The number of aromatic nitrogens is 3. The number of aryl methyl sites for hydroxylation is 1. The average Bonchev–Trinajstić information content (AvgIpc) is 3.07. The predicted octanol–water partition coefficient (Wildman–Crippen LogP) is 1.60. The predicted molar refractivity (Wildman–Crippen MR) is 95.0 cm³/mol. The molecular weight excluding hydrogens is 417 g/mol. The first-order valence-corrected chi connectivity index (χ1v) is 9.35. The monoisotopic (exact) mass is 436 g/mol. The Morgan fingerprint density at radius 3 is 2.72 bits per heavy atom. The van der Waals surface area contributed by atoms with E-state index in [2.05, 4.69) is 19.9 Å². The number of hydroxylamine groups is 2. The first kappa shape index (κ1) is 22.9. The molecule has 13 heteroatoms. The molecule has 29 heavy (non-hydrogen) atoms. The molecule has 1 saturated heterocycles. The van der Waals surface area contributed by atoms with Crippen molar-refractivity contribution in [2.45, 2.75) is 37.7 Å². The van der Waals surface area contributed by atoms with Crippen molar-refractivity contribution in [3.8, 4) is 0 Å². The van der Waals surface area contributed by atoms with Crippen LogP contribution in [0.15, 0.2) is 11.8 Å². The summed E-state index contributed by atoms with van der Waals surface area (Å²) in [5.41, 5.74) is 1.05. The van der Waals surface area contributed by atoms with E-state index in [1.54, 1.807) is 6.08 Å². The molecule has 0 aromatic carbocycles. The van der Waals surface area contributed by atoms with Crippen LogP contribution in [-0.4, -0.2) is 68.7 Å². The van der Waals surface area contributed by atoms with E-state index in [-0.39, 0.29) is 36.4 Å². The van der Waals surface area contributed by atoms with Gasteiger partial charge in [-0.15, -0.1) is 10.2 Å². The number of methoxy groups -OCH3 is 1. The smallest absolute Gasteiger partial charge is 0.469 e. The highest BCUT2D eigenvalue weighted by Gasteiger charge is 2.43. The second-order valence-electron chi connectivity index (χ2n) is 6.05. The largest absolute Gasteiger partial charge is 0.492 e. The van der Waals surface area contributed by atoms with Gasteiger partial charge in [0.25, 0.3) is 0 Å². The maximum Gasteiger partial charge on any atom is 0.492 e. The van der Waals surface area contributed by atoms with Gasteiger partial charge in [-0.3, -0.25) is 9.59 Å². The molecule has 9 nitrogen and oxygen atoms in total. The number of alkyl halides is 3. The molecule has 2 rings (SSSR count). The summed E-state index contributed by atoms with van der Waals surface area (Å²) >= 11 is 1.04. The van der Waals surface area contributed by atoms with Crippen LogP contribution in [0.2, 0.25) is 0 Å². The highest BCUT2D eigenvalue weighted by Crippen LogP contribution is 2.30. The van der Waals surface area contributed by atoms with Gasteiger partial charge in [0.15, 0.2) is 5.12 Å². The summed E-state index contributed by atoms with van der Waals surface area (Å²) in [4.78, 5) is 38.4. The van der Waals surface area contributed by atoms with Gasteiger partial charge >= 0.3 is 18.1 Å². The van der Waals surface area contributed by atoms with Crippen molar-refractivity contribution in [1.82, 2.24) is 20.1 Å². The number of nitrogens with zero attached hydrogens (tertiary/aromatic N) is 4. The summed E-state index contributed by atoms with van der Waals surface area (Å²) in [5.74, 6) is -2.74. The van der Waals surface area contributed by atoms with Gasteiger partial charge in [-0.05, 0) is 18.1 Å². The molecule has 0 bridgehead atoms. The lowest BCUT2D eigenvalue weighted by atomic mass is 10.0. The van der Waals surface area contributed by atoms with E-state index in [1.165, 1.54) is 24.9 Å². The lowest BCUT2D eigenvalue weighted by Gasteiger charge is -2.32. The number of piperidine rings is 1. The van der Waals surface area contributed by atoms with Gasteiger partial charge in [0.1, 0.15) is 0 Å². The molecule has 160 valence electrons. The van der Waals surface area contributed by atoms with Crippen molar-refractivity contribution in [1.29, 1.82) is 0 Å². The summed E-state index contributed by atoms with van der Waals surface area (Å²) in [6.07, 6.45) is -1.72. The zero-order chi connectivity index (χ0) is 21.6. The van der Waals surface area contributed by atoms with E-state index in [0.29, 0.717) is 17.7 Å². The average molecular weight is 436 g/mol.